The summed E-state index contributed by atoms with van der Waals surface area (Å²) in [6.07, 6.45) is 2.57. The number of hydrogen-bond acceptors (Lipinski definition) is 6. The van der Waals surface area contributed by atoms with Gasteiger partial charge in [0.2, 0.25) is 9.84 Å². The molecule has 0 atom stereocenters. The van der Waals surface area contributed by atoms with Crippen LogP contribution in [0, 0.1) is 13.8 Å². The summed E-state index contributed by atoms with van der Waals surface area (Å²) in [5.41, 5.74) is 3.96. The second-order valence-corrected chi connectivity index (χ2v) is 10.8. The SMILES string of the molecule is CCc1c(C)[nH]c(S(=O)(=O)c2ccc(OCCCN(C)CCc3ccc(OC)c(OC)c3)cc2)c1C. The number of aromatic nitrogens is 1. The maximum absolute atomic E-state index is 13.1. The molecule has 1 heterocycles. The quantitative estimate of drug-likeness (QED) is 0.324. The molecule has 0 aliphatic heterocycles. The number of sulfone groups is 1. The van der Waals surface area contributed by atoms with Gasteiger partial charge in [0.15, 0.2) is 11.5 Å². The number of hydrogen-bond donors (Lipinski definition) is 1. The maximum atomic E-state index is 13.1. The first-order chi connectivity index (χ1) is 17.2. The Morgan fingerprint density at radius 2 is 1.64 bits per heavy atom. The van der Waals surface area contributed by atoms with Crippen LogP contribution < -0.4 is 14.2 Å². The molecule has 1 aromatic heterocycles. The zero-order valence-corrected chi connectivity index (χ0v) is 23.0. The van der Waals surface area contributed by atoms with E-state index in [2.05, 4.69) is 23.0 Å². The van der Waals surface area contributed by atoms with Crippen LogP contribution >= 0.6 is 0 Å². The summed E-state index contributed by atoms with van der Waals surface area (Å²) in [7, 11) is 1.77. The molecule has 0 aliphatic carbocycles. The fourth-order valence-electron chi connectivity index (χ4n) is 4.38. The highest BCUT2D eigenvalue weighted by atomic mass is 32.2. The summed E-state index contributed by atoms with van der Waals surface area (Å²) < 4.78 is 42.8. The van der Waals surface area contributed by atoms with E-state index in [9.17, 15) is 8.42 Å². The van der Waals surface area contributed by atoms with E-state index in [4.69, 9.17) is 14.2 Å². The molecule has 0 saturated carbocycles. The molecule has 0 bridgehead atoms. The van der Waals surface area contributed by atoms with Crippen LogP contribution in [0.3, 0.4) is 0 Å². The minimum atomic E-state index is -3.60. The molecule has 0 amide bonds. The van der Waals surface area contributed by atoms with Crippen LogP contribution in [0.15, 0.2) is 52.4 Å². The fraction of sp³-hybridized carbons (Fsp3) is 0.429. The first kappa shape index (κ1) is 27.6. The third-order valence-electron chi connectivity index (χ3n) is 6.49. The van der Waals surface area contributed by atoms with Crippen LogP contribution in [0.1, 0.15) is 35.7 Å². The Morgan fingerprint density at radius 3 is 2.25 bits per heavy atom. The molecule has 196 valence electrons. The van der Waals surface area contributed by atoms with Crippen LogP contribution in [0.5, 0.6) is 17.2 Å². The first-order valence-corrected chi connectivity index (χ1v) is 13.7. The van der Waals surface area contributed by atoms with Crippen LogP contribution in [0.25, 0.3) is 0 Å². The fourth-order valence-corrected chi connectivity index (χ4v) is 5.93. The van der Waals surface area contributed by atoms with Gasteiger partial charge in [-0.3, -0.25) is 0 Å². The van der Waals surface area contributed by atoms with Crippen LogP contribution in [-0.2, 0) is 22.7 Å². The van der Waals surface area contributed by atoms with E-state index < -0.39 is 9.84 Å². The number of nitrogens with zero attached hydrogens (tertiary/aromatic N) is 1. The summed E-state index contributed by atoms with van der Waals surface area (Å²) >= 11 is 0. The van der Waals surface area contributed by atoms with Gasteiger partial charge in [-0.25, -0.2) is 8.42 Å². The van der Waals surface area contributed by atoms with Crippen molar-refractivity contribution >= 4 is 9.84 Å². The number of aryl methyl sites for hydroxylation is 1. The van der Waals surface area contributed by atoms with Crippen LogP contribution in [-0.4, -0.2) is 59.3 Å². The third kappa shape index (κ3) is 6.42. The lowest BCUT2D eigenvalue weighted by Crippen LogP contribution is -2.23. The van der Waals surface area contributed by atoms with E-state index in [1.54, 1.807) is 38.5 Å². The van der Waals surface area contributed by atoms with Crippen molar-refractivity contribution in [1.29, 1.82) is 0 Å². The molecule has 0 fully saturated rings. The topological polar surface area (TPSA) is 80.9 Å². The summed E-state index contributed by atoms with van der Waals surface area (Å²) in [6, 6.07) is 12.7. The van der Waals surface area contributed by atoms with Crippen LogP contribution in [0.2, 0.25) is 0 Å². The zero-order valence-electron chi connectivity index (χ0n) is 22.2. The van der Waals surface area contributed by atoms with Gasteiger partial charge in [0.1, 0.15) is 10.8 Å². The molecule has 0 saturated heterocycles. The highest BCUT2D eigenvalue weighted by Crippen LogP contribution is 2.29. The van der Waals surface area contributed by atoms with Crippen molar-refractivity contribution in [3.8, 4) is 17.2 Å². The minimum absolute atomic E-state index is 0.261. The van der Waals surface area contributed by atoms with Crippen molar-refractivity contribution in [3.63, 3.8) is 0 Å². The average molecular weight is 515 g/mol. The number of methoxy groups -OCH3 is 2. The lowest BCUT2D eigenvalue weighted by atomic mass is 10.1. The monoisotopic (exact) mass is 514 g/mol. The van der Waals surface area contributed by atoms with E-state index in [0.717, 1.165) is 60.7 Å². The van der Waals surface area contributed by atoms with E-state index in [1.807, 2.05) is 32.9 Å². The zero-order chi connectivity index (χ0) is 26.3. The second kappa shape index (κ2) is 12.3. The highest BCUT2D eigenvalue weighted by Gasteiger charge is 2.24. The normalized spacial score (nSPS) is 11.6. The van der Waals surface area contributed by atoms with Gasteiger partial charge < -0.3 is 24.1 Å². The van der Waals surface area contributed by atoms with Gasteiger partial charge in [-0.05, 0) is 93.2 Å². The highest BCUT2D eigenvalue weighted by molar-refractivity contribution is 7.91. The van der Waals surface area contributed by atoms with Gasteiger partial charge in [-0.1, -0.05) is 13.0 Å². The van der Waals surface area contributed by atoms with Crippen molar-refractivity contribution in [2.75, 3.05) is 41.0 Å². The number of H-pyrrole nitrogens is 1. The molecule has 0 unspecified atom stereocenters. The van der Waals surface area contributed by atoms with Crippen molar-refractivity contribution in [2.45, 2.75) is 50.0 Å². The van der Waals surface area contributed by atoms with Gasteiger partial charge in [0, 0.05) is 18.8 Å². The number of ether oxygens (including phenoxy) is 3. The molecule has 0 radical (unpaired) electrons. The van der Waals surface area contributed by atoms with Crippen molar-refractivity contribution in [2.24, 2.45) is 0 Å². The molecule has 3 rings (SSSR count). The second-order valence-electron chi connectivity index (χ2n) is 8.96. The molecular weight excluding hydrogens is 476 g/mol. The Balaban J connectivity index is 1.47. The Kier molecular flexibility index (Phi) is 9.45. The smallest absolute Gasteiger partial charge is 0.222 e. The number of rotatable bonds is 13. The molecule has 2 aromatic carbocycles. The van der Waals surface area contributed by atoms with Crippen molar-refractivity contribution < 1.29 is 22.6 Å². The number of benzene rings is 2. The Bertz CT molecular complexity index is 1250. The van der Waals surface area contributed by atoms with Gasteiger partial charge in [0.25, 0.3) is 0 Å². The molecule has 0 aliphatic rings. The average Bonchev–Trinajstić information content (AvgIpc) is 3.18. The molecule has 8 heteroatoms. The summed E-state index contributed by atoms with van der Waals surface area (Å²) in [4.78, 5) is 5.59. The van der Waals surface area contributed by atoms with Gasteiger partial charge >= 0.3 is 0 Å². The van der Waals surface area contributed by atoms with Crippen molar-refractivity contribution in [3.05, 3.63) is 64.8 Å². The molecule has 36 heavy (non-hydrogen) atoms. The molecule has 7 nitrogen and oxygen atoms in total. The van der Waals surface area contributed by atoms with Gasteiger partial charge in [-0.2, -0.15) is 0 Å². The number of nitrogens with one attached hydrogen (secondary N) is 1. The van der Waals surface area contributed by atoms with E-state index in [-0.39, 0.29) is 9.92 Å². The third-order valence-corrected chi connectivity index (χ3v) is 8.32. The number of aromatic amines is 1. The molecular formula is C28H38N2O5S. The summed E-state index contributed by atoms with van der Waals surface area (Å²) in [5.74, 6) is 2.14. The maximum Gasteiger partial charge on any atom is 0.222 e. The first-order valence-electron chi connectivity index (χ1n) is 12.3. The number of likely N-dealkylation sites (N-methyl/N-ethyl adjacent to an activating group) is 1. The predicted molar refractivity (Wildman–Crippen MR) is 142 cm³/mol. The standard InChI is InChI=1S/C28H38N2O5S/c1-7-25-20(2)28(29-21(25)3)36(31,32)24-12-10-23(11-13-24)35-18-8-16-30(4)17-15-22-9-14-26(33-5)27(19-22)34-6/h9-14,19,29H,7-8,15-18H2,1-6H3. The minimum Gasteiger partial charge on any atom is -0.494 e. The summed E-state index contributed by atoms with van der Waals surface area (Å²) in [6.45, 7) is 8.17. The summed E-state index contributed by atoms with van der Waals surface area (Å²) in [5, 5.41) is 0.279. The van der Waals surface area contributed by atoms with E-state index >= 15 is 0 Å². The Morgan fingerprint density at radius 1 is 0.944 bits per heavy atom. The van der Waals surface area contributed by atoms with Gasteiger partial charge in [-0.15, -0.1) is 0 Å². The van der Waals surface area contributed by atoms with Gasteiger partial charge in [0.05, 0.1) is 25.7 Å². The predicted octanol–water partition coefficient (Wildman–Crippen LogP) is 4.99. The van der Waals surface area contributed by atoms with E-state index in [1.165, 1.54) is 5.56 Å². The van der Waals surface area contributed by atoms with Crippen molar-refractivity contribution in [1.82, 2.24) is 9.88 Å². The van der Waals surface area contributed by atoms with Crippen LogP contribution in [0.4, 0.5) is 0 Å². The lowest BCUT2D eigenvalue weighted by molar-refractivity contribution is 0.264. The Hall–Kier alpha value is -2.97. The molecule has 3 aromatic rings. The van der Waals surface area contributed by atoms with E-state index in [0.29, 0.717) is 12.4 Å². The molecule has 1 N–H and O–H groups in total. The molecule has 0 spiro atoms. The largest absolute Gasteiger partial charge is 0.494 e. The lowest BCUT2D eigenvalue weighted by Gasteiger charge is -2.17. The Labute approximate surface area is 215 Å².